The number of rotatable bonds is 7. The Morgan fingerprint density at radius 3 is 2.49 bits per heavy atom. The Morgan fingerprint density at radius 2 is 1.84 bits per heavy atom. The summed E-state index contributed by atoms with van der Waals surface area (Å²) >= 11 is 5.43. The fraction of sp³-hybridized carbons (Fsp3) is 0.417. The van der Waals surface area contributed by atoms with Crippen LogP contribution in [0, 0.1) is 18.3 Å². The molecule has 1 amide bonds. The van der Waals surface area contributed by atoms with Gasteiger partial charge in [-0.25, -0.2) is 0 Å². The van der Waals surface area contributed by atoms with Crippen molar-refractivity contribution in [3.63, 3.8) is 0 Å². The number of allylic oxidation sites excluding steroid dienone is 2. The van der Waals surface area contributed by atoms with E-state index in [1.165, 1.54) is 14.2 Å². The highest BCUT2D eigenvalue weighted by Gasteiger charge is 2.57. The third-order valence-corrected chi connectivity index (χ3v) is 10.5. The summed E-state index contributed by atoms with van der Waals surface area (Å²) in [6.45, 7) is 5.04. The lowest BCUT2D eigenvalue weighted by Gasteiger charge is -2.60. The van der Waals surface area contributed by atoms with Gasteiger partial charge in [-0.3, -0.25) is 24.2 Å². The molecule has 1 unspecified atom stereocenters. The van der Waals surface area contributed by atoms with E-state index in [0.717, 1.165) is 16.8 Å². The number of methoxy groups -OCH3 is 2. The van der Waals surface area contributed by atoms with Crippen molar-refractivity contribution in [2.75, 3.05) is 33.1 Å². The molecule has 2 bridgehead atoms. The van der Waals surface area contributed by atoms with E-state index in [-0.39, 0.29) is 58.5 Å². The number of phenolic OH excluding ortho intramolecular Hbond substituents is 1. The number of ether oxygens (including phenoxy) is 2. The van der Waals surface area contributed by atoms with E-state index in [1.807, 2.05) is 55.3 Å². The maximum Gasteiger partial charge on any atom is 0.242 e. The van der Waals surface area contributed by atoms with Crippen LogP contribution in [0.1, 0.15) is 43.0 Å². The summed E-state index contributed by atoms with van der Waals surface area (Å²) < 4.78 is 11.0. The first-order chi connectivity index (χ1) is 23.4. The number of ketones is 2. The standard InChI is InChI=1S/C36H40N6O6S/c1-17-12-20-13-23-25(15-37)42-24(29(41(23)4)27(20)31(44)33(17)47-5)14-22-28(32(45)34(48-6)18(2)30(22)43)26(42)16-38-35(46)19(3)39-36(49)40-21-10-8-7-9-11-21/h7-12,19,23-26,29,44H,13-14,16H2,1-6H3,(H,38,46)(H2,39,40,49)/t19-,23+,24?,25-,26-,29+/m0/s1. The highest BCUT2D eigenvalue weighted by atomic mass is 32.1. The van der Waals surface area contributed by atoms with E-state index >= 15 is 0 Å². The number of nitriles is 1. The van der Waals surface area contributed by atoms with E-state index in [2.05, 4.69) is 26.9 Å². The summed E-state index contributed by atoms with van der Waals surface area (Å²) in [6.07, 6.45) is 0.625. The molecule has 0 saturated carbocycles. The second kappa shape index (κ2) is 13.3. The van der Waals surface area contributed by atoms with Crippen molar-refractivity contribution in [1.29, 1.82) is 5.26 Å². The first kappa shape index (κ1) is 34.1. The molecule has 0 aromatic heterocycles. The average molecular weight is 685 g/mol. The van der Waals surface area contributed by atoms with E-state index in [9.17, 15) is 24.8 Å². The van der Waals surface area contributed by atoms with Crippen LogP contribution in [0.5, 0.6) is 11.5 Å². The molecule has 4 N–H and O–H groups in total. The SMILES string of the molecule is COC1=C(C)C(=O)C2=C(C1=O)[C@H](CNC(=O)[C@H](C)NC(=S)Nc1ccccc1)N1C(C2)[C@@H]2c3c(cc(C)c(OC)c3O)C[C@H]([C@@H]1C#N)N2C. The van der Waals surface area contributed by atoms with Crippen molar-refractivity contribution in [2.24, 2.45) is 0 Å². The fourth-order valence-corrected chi connectivity index (χ4v) is 8.41. The highest BCUT2D eigenvalue weighted by Crippen LogP contribution is 2.53. The number of thiocarbonyl (C=S) groups is 1. The number of anilines is 1. The van der Waals surface area contributed by atoms with Gasteiger partial charge in [0.1, 0.15) is 12.1 Å². The molecule has 256 valence electrons. The number of hydrogen-bond acceptors (Lipinski definition) is 10. The van der Waals surface area contributed by atoms with Gasteiger partial charge >= 0.3 is 0 Å². The van der Waals surface area contributed by atoms with Crippen LogP contribution < -0.4 is 20.7 Å². The molecule has 1 saturated heterocycles. The number of amides is 1. The van der Waals surface area contributed by atoms with Gasteiger partial charge in [0, 0.05) is 46.6 Å². The summed E-state index contributed by atoms with van der Waals surface area (Å²) in [7, 11) is 4.79. The van der Waals surface area contributed by atoms with Crippen molar-refractivity contribution < 1.29 is 29.0 Å². The topological polar surface area (TPSA) is 156 Å². The van der Waals surface area contributed by atoms with Gasteiger partial charge in [-0.15, -0.1) is 0 Å². The molecule has 1 aliphatic carbocycles. The monoisotopic (exact) mass is 684 g/mol. The number of phenols is 1. The van der Waals surface area contributed by atoms with Gasteiger partial charge in [0.2, 0.25) is 11.7 Å². The number of hydrogen-bond donors (Lipinski definition) is 4. The summed E-state index contributed by atoms with van der Waals surface area (Å²) in [5.74, 6) is -0.787. The third-order valence-electron chi connectivity index (χ3n) is 10.3. The van der Waals surface area contributed by atoms with Crippen LogP contribution in [0.15, 0.2) is 58.9 Å². The van der Waals surface area contributed by atoms with Crippen molar-refractivity contribution in [1.82, 2.24) is 20.4 Å². The number of nitrogens with one attached hydrogen (secondary N) is 3. The number of aryl methyl sites for hydroxylation is 1. The van der Waals surface area contributed by atoms with Crippen LogP contribution in [-0.2, 0) is 25.5 Å². The minimum absolute atomic E-state index is 0.0246. The molecule has 6 atom stereocenters. The molecule has 13 heteroatoms. The maximum absolute atomic E-state index is 14.1. The van der Waals surface area contributed by atoms with E-state index in [4.69, 9.17) is 21.7 Å². The zero-order chi connectivity index (χ0) is 35.3. The van der Waals surface area contributed by atoms with Crippen LogP contribution in [0.4, 0.5) is 5.69 Å². The Kier molecular flexibility index (Phi) is 9.23. The number of benzene rings is 2. The van der Waals surface area contributed by atoms with Crippen molar-refractivity contribution in [2.45, 2.75) is 69.9 Å². The quantitative estimate of drug-likeness (QED) is 0.250. The number of nitrogens with zero attached hydrogens (tertiary/aromatic N) is 3. The molecule has 4 aliphatic rings. The van der Waals surface area contributed by atoms with Crippen molar-refractivity contribution in [3.05, 3.63) is 75.6 Å². The zero-order valence-electron chi connectivity index (χ0n) is 28.3. The lowest BCUT2D eigenvalue weighted by molar-refractivity contribution is -0.125. The second-order valence-corrected chi connectivity index (χ2v) is 13.4. The lowest BCUT2D eigenvalue weighted by atomic mass is 9.69. The highest BCUT2D eigenvalue weighted by molar-refractivity contribution is 7.80. The van der Waals surface area contributed by atoms with Gasteiger partial charge in [0.05, 0.1) is 32.4 Å². The number of carbonyl (C=O) groups is 3. The molecule has 1 fully saturated rings. The normalized spacial score (nSPS) is 25.4. The molecule has 12 nitrogen and oxygen atoms in total. The molecule has 2 aromatic rings. The molecular formula is C36H40N6O6S. The zero-order valence-corrected chi connectivity index (χ0v) is 29.1. The number of para-hydroxylation sites is 1. The molecule has 2 aromatic carbocycles. The van der Waals surface area contributed by atoms with E-state index in [0.29, 0.717) is 23.3 Å². The Balaban J connectivity index is 1.38. The second-order valence-electron chi connectivity index (χ2n) is 13.0. The van der Waals surface area contributed by atoms with Crippen LogP contribution in [-0.4, -0.2) is 95.5 Å². The van der Waals surface area contributed by atoms with Gasteiger partial charge in [0.25, 0.3) is 0 Å². The minimum atomic E-state index is -0.839. The number of fused-ring (bicyclic) bond motifs is 6. The number of aromatic hydroxyl groups is 1. The summed E-state index contributed by atoms with van der Waals surface area (Å²) in [4.78, 5) is 45.6. The number of Topliss-reactive ketones (excluding diaryl/α,β-unsaturated/α-hetero) is 2. The molecule has 3 aliphatic heterocycles. The first-order valence-electron chi connectivity index (χ1n) is 16.2. The molecule has 3 heterocycles. The van der Waals surface area contributed by atoms with E-state index < -0.39 is 36.0 Å². The predicted molar refractivity (Wildman–Crippen MR) is 186 cm³/mol. The van der Waals surface area contributed by atoms with Crippen molar-refractivity contribution >= 4 is 40.5 Å². The third kappa shape index (κ3) is 5.63. The average Bonchev–Trinajstić information content (AvgIpc) is 3.07. The fourth-order valence-electron chi connectivity index (χ4n) is 8.11. The Hall–Kier alpha value is -4.77. The Morgan fingerprint density at radius 1 is 1.12 bits per heavy atom. The smallest absolute Gasteiger partial charge is 0.242 e. The van der Waals surface area contributed by atoms with Crippen LogP contribution >= 0.6 is 12.2 Å². The van der Waals surface area contributed by atoms with Crippen LogP contribution in [0.2, 0.25) is 0 Å². The lowest BCUT2D eigenvalue weighted by Crippen LogP contribution is -2.71. The first-order valence-corrected chi connectivity index (χ1v) is 16.6. The Bertz CT molecular complexity index is 1850. The number of likely N-dealkylation sites (N-methyl/N-ethyl adjacent to an activating group) is 1. The number of carbonyl (C=O) groups excluding carboxylic acids is 3. The van der Waals surface area contributed by atoms with Crippen LogP contribution in [0.3, 0.4) is 0 Å². The van der Waals surface area contributed by atoms with Crippen molar-refractivity contribution in [3.8, 4) is 17.6 Å². The molecule has 0 radical (unpaired) electrons. The molecule has 49 heavy (non-hydrogen) atoms. The van der Waals surface area contributed by atoms with Gasteiger partial charge in [0.15, 0.2) is 28.2 Å². The van der Waals surface area contributed by atoms with Gasteiger partial charge in [-0.2, -0.15) is 5.26 Å². The maximum atomic E-state index is 14.1. The van der Waals surface area contributed by atoms with Gasteiger partial charge in [-0.05, 0) is 76.1 Å². The summed E-state index contributed by atoms with van der Waals surface area (Å²) in [6, 6.07) is 10.3. The molecule has 6 rings (SSSR count). The van der Waals surface area contributed by atoms with Gasteiger partial charge < -0.3 is 30.5 Å². The molecule has 0 spiro atoms. The largest absolute Gasteiger partial charge is 0.504 e. The molecular weight excluding hydrogens is 644 g/mol. The summed E-state index contributed by atoms with van der Waals surface area (Å²) in [5.41, 5.74) is 3.90. The van der Waals surface area contributed by atoms with Gasteiger partial charge in [-0.1, -0.05) is 24.3 Å². The van der Waals surface area contributed by atoms with E-state index in [1.54, 1.807) is 13.8 Å². The summed E-state index contributed by atoms with van der Waals surface area (Å²) in [5, 5.41) is 31.6. The van der Waals surface area contributed by atoms with Crippen LogP contribution in [0.25, 0.3) is 0 Å². The minimum Gasteiger partial charge on any atom is -0.504 e. The number of piperazine rings is 1. The predicted octanol–water partition coefficient (Wildman–Crippen LogP) is 2.82. The Labute approximate surface area is 290 Å².